The Labute approximate surface area is 105 Å². The van der Waals surface area contributed by atoms with Gasteiger partial charge < -0.3 is 14.0 Å². The summed E-state index contributed by atoms with van der Waals surface area (Å²) in [7, 11) is -4.96. The second-order valence-electron chi connectivity index (χ2n) is 3.17. The number of ether oxygens (including phenoxy) is 1. The average Bonchev–Trinajstić information content (AvgIpc) is 2.29. The minimum atomic E-state index is -5.95. The zero-order chi connectivity index (χ0) is 14.8. The molecule has 0 heterocycles. The molecular weight excluding hydrogens is 293 g/mol. The highest BCUT2D eigenvalue weighted by molar-refractivity contribution is 7.88. The SMILES string of the molecule is COc1cc(C=O)cc(O)c1OS(=O)(=O)C(F)(F)F. The number of phenols is 1. The summed E-state index contributed by atoms with van der Waals surface area (Å²) in [6, 6.07) is 1.64. The Morgan fingerprint density at radius 1 is 1.32 bits per heavy atom. The van der Waals surface area contributed by atoms with Crippen LogP contribution in [0.25, 0.3) is 0 Å². The molecule has 0 fully saturated rings. The van der Waals surface area contributed by atoms with Gasteiger partial charge in [0, 0.05) is 5.56 Å². The predicted molar refractivity (Wildman–Crippen MR) is 55.6 cm³/mol. The molecule has 1 aromatic carbocycles. The van der Waals surface area contributed by atoms with E-state index in [9.17, 15) is 31.5 Å². The number of carbonyl (C=O) groups excluding carboxylic acids is 1. The van der Waals surface area contributed by atoms with Crippen molar-refractivity contribution in [2.75, 3.05) is 7.11 Å². The van der Waals surface area contributed by atoms with Crippen molar-refractivity contribution in [1.29, 1.82) is 0 Å². The smallest absolute Gasteiger partial charge is 0.504 e. The number of aldehydes is 1. The van der Waals surface area contributed by atoms with Crippen molar-refractivity contribution in [3.8, 4) is 17.2 Å². The van der Waals surface area contributed by atoms with Gasteiger partial charge in [-0.25, -0.2) is 0 Å². The highest BCUT2D eigenvalue weighted by Crippen LogP contribution is 2.40. The molecular formula is C9H7F3O6S. The first-order valence-corrected chi connectivity index (χ1v) is 5.90. The van der Waals surface area contributed by atoms with Crippen LogP contribution >= 0.6 is 0 Å². The van der Waals surface area contributed by atoms with E-state index in [2.05, 4.69) is 8.92 Å². The van der Waals surface area contributed by atoms with Crippen LogP contribution in [0.1, 0.15) is 10.4 Å². The molecule has 0 spiro atoms. The van der Waals surface area contributed by atoms with Crippen LogP contribution in [0.4, 0.5) is 13.2 Å². The van der Waals surface area contributed by atoms with Crippen molar-refractivity contribution in [3.63, 3.8) is 0 Å². The largest absolute Gasteiger partial charge is 0.534 e. The minimum absolute atomic E-state index is 0.133. The van der Waals surface area contributed by atoms with E-state index in [0.29, 0.717) is 0 Å². The lowest BCUT2D eigenvalue weighted by Gasteiger charge is -2.13. The molecule has 0 radical (unpaired) electrons. The van der Waals surface area contributed by atoms with Crippen LogP contribution in [0.15, 0.2) is 12.1 Å². The number of rotatable bonds is 4. The van der Waals surface area contributed by atoms with E-state index in [0.717, 1.165) is 19.2 Å². The molecule has 10 heteroatoms. The molecule has 0 bridgehead atoms. The van der Waals surface area contributed by atoms with Crippen LogP contribution in [0.2, 0.25) is 0 Å². The van der Waals surface area contributed by atoms with Gasteiger partial charge in [0.2, 0.25) is 5.75 Å². The number of halogens is 3. The zero-order valence-electron chi connectivity index (χ0n) is 9.26. The number of phenolic OH excluding ortho intramolecular Hbond substituents is 1. The van der Waals surface area contributed by atoms with Crippen LogP contribution in [0.3, 0.4) is 0 Å². The van der Waals surface area contributed by atoms with Gasteiger partial charge in [0.05, 0.1) is 7.11 Å². The Kier molecular flexibility index (Phi) is 3.94. The zero-order valence-corrected chi connectivity index (χ0v) is 10.1. The molecule has 0 saturated heterocycles. The summed E-state index contributed by atoms with van der Waals surface area (Å²) in [5.74, 6) is -2.56. The normalized spacial score (nSPS) is 12.0. The van der Waals surface area contributed by atoms with Gasteiger partial charge in [-0.05, 0) is 12.1 Å². The quantitative estimate of drug-likeness (QED) is 0.514. The number of hydrogen-bond donors (Lipinski definition) is 1. The highest BCUT2D eigenvalue weighted by Gasteiger charge is 2.49. The van der Waals surface area contributed by atoms with Crippen molar-refractivity contribution >= 4 is 16.4 Å². The Morgan fingerprint density at radius 2 is 1.89 bits per heavy atom. The number of alkyl halides is 3. The van der Waals surface area contributed by atoms with Crippen molar-refractivity contribution in [2.24, 2.45) is 0 Å². The maximum atomic E-state index is 12.1. The average molecular weight is 300 g/mol. The number of benzene rings is 1. The fourth-order valence-corrected chi connectivity index (χ4v) is 1.55. The van der Waals surface area contributed by atoms with E-state index in [1.165, 1.54) is 0 Å². The van der Waals surface area contributed by atoms with Crippen LogP contribution in [0, 0.1) is 0 Å². The van der Waals surface area contributed by atoms with Gasteiger partial charge >= 0.3 is 15.6 Å². The fraction of sp³-hybridized carbons (Fsp3) is 0.222. The third-order valence-electron chi connectivity index (χ3n) is 1.89. The molecule has 1 aromatic rings. The van der Waals surface area contributed by atoms with Crippen molar-refractivity contribution in [3.05, 3.63) is 17.7 Å². The third-order valence-corrected chi connectivity index (χ3v) is 2.84. The van der Waals surface area contributed by atoms with Crippen molar-refractivity contribution in [2.45, 2.75) is 5.51 Å². The first kappa shape index (κ1) is 15.1. The van der Waals surface area contributed by atoms with E-state index in [-0.39, 0.29) is 11.8 Å². The molecule has 1 rings (SSSR count). The lowest BCUT2D eigenvalue weighted by Crippen LogP contribution is -2.28. The standard InChI is InChI=1S/C9H7F3O6S/c1-17-7-3-5(4-13)2-6(14)8(7)18-19(15,16)9(10,11)12/h2-4,14H,1H3. The van der Waals surface area contributed by atoms with Gasteiger partial charge in [-0.3, -0.25) is 4.79 Å². The lowest BCUT2D eigenvalue weighted by atomic mass is 10.2. The fourth-order valence-electron chi connectivity index (χ4n) is 1.07. The first-order valence-electron chi connectivity index (χ1n) is 4.49. The van der Waals surface area contributed by atoms with Crippen LogP contribution < -0.4 is 8.92 Å². The maximum Gasteiger partial charge on any atom is 0.534 e. The van der Waals surface area contributed by atoms with Gasteiger partial charge in [-0.2, -0.15) is 21.6 Å². The summed E-state index contributed by atoms with van der Waals surface area (Å²) in [5, 5.41) is 9.37. The summed E-state index contributed by atoms with van der Waals surface area (Å²) in [5.41, 5.74) is -5.79. The van der Waals surface area contributed by atoms with Gasteiger partial charge in [0.15, 0.2) is 11.5 Å². The van der Waals surface area contributed by atoms with E-state index in [4.69, 9.17) is 0 Å². The second kappa shape index (κ2) is 4.96. The number of carbonyl (C=O) groups is 1. The molecule has 106 valence electrons. The van der Waals surface area contributed by atoms with Gasteiger partial charge in [0.25, 0.3) is 0 Å². The van der Waals surface area contributed by atoms with E-state index < -0.39 is 32.9 Å². The van der Waals surface area contributed by atoms with Gasteiger partial charge in [0.1, 0.15) is 6.29 Å². The van der Waals surface area contributed by atoms with Gasteiger partial charge in [-0.15, -0.1) is 0 Å². The van der Waals surface area contributed by atoms with Crippen LogP contribution in [0.5, 0.6) is 17.2 Å². The molecule has 0 aliphatic heterocycles. The molecule has 1 N–H and O–H groups in total. The van der Waals surface area contributed by atoms with Gasteiger partial charge in [-0.1, -0.05) is 0 Å². The van der Waals surface area contributed by atoms with E-state index in [1.54, 1.807) is 0 Å². The lowest BCUT2D eigenvalue weighted by molar-refractivity contribution is -0.0501. The van der Waals surface area contributed by atoms with Crippen molar-refractivity contribution in [1.82, 2.24) is 0 Å². The maximum absolute atomic E-state index is 12.1. The second-order valence-corrected chi connectivity index (χ2v) is 4.71. The summed E-state index contributed by atoms with van der Waals surface area (Å²) >= 11 is 0. The minimum Gasteiger partial charge on any atom is -0.504 e. The number of aromatic hydroxyl groups is 1. The Balaban J connectivity index is 3.33. The highest BCUT2D eigenvalue weighted by atomic mass is 32.2. The van der Waals surface area contributed by atoms with E-state index >= 15 is 0 Å². The Hall–Kier alpha value is -1.97. The topological polar surface area (TPSA) is 89.9 Å². The molecule has 0 atom stereocenters. The third kappa shape index (κ3) is 3.08. The molecule has 6 nitrogen and oxygen atoms in total. The molecule has 0 aromatic heterocycles. The molecule has 0 aliphatic carbocycles. The Bertz CT molecular complexity index is 593. The van der Waals surface area contributed by atoms with Crippen LogP contribution in [-0.2, 0) is 10.1 Å². The molecule has 0 aliphatic rings. The number of hydrogen-bond acceptors (Lipinski definition) is 6. The first-order chi connectivity index (χ1) is 8.62. The van der Waals surface area contributed by atoms with Crippen molar-refractivity contribution < 1.29 is 40.4 Å². The Morgan fingerprint density at radius 3 is 2.32 bits per heavy atom. The van der Waals surface area contributed by atoms with E-state index in [1.807, 2.05) is 0 Å². The molecule has 0 saturated carbocycles. The molecule has 0 unspecified atom stereocenters. The summed E-state index contributed by atoms with van der Waals surface area (Å²) < 4.78 is 66.4. The van der Waals surface area contributed by atoms with Crippen LogP contribution in [-0.4, -0.2) is 32.4 Å². The summed E-state index contributed by atoms with van der Waals surface area (Å²) in [6.07, 6.45) is 0.282. The molecule has 19 heavy (non-hydrogen) atoms. The predicted octanol–water partition coefficient (Wildman–Crippen LogP) is 1.44. The molecule has 0 amide bonds. The summed E-state index contributed by atoms with van der Waals surface area (Å²) in [6.45, 7) is 0. The summed E-state index contributed by atoms with van der Waals surface area (Å²) in [4.78, 5) is 10.5. The number of methoxy groups -OCH3 is 1. The monoisotopic (exact) mass is 300 g/mol.